The first kappa shape index (κ1) is 20.5. The van der Waals surface area contributed by atoms with E-state index in [-0.39, 0.29) is 11.3 Å². The van der Waals surface area contributed by atoms with Crippen LogP contribution in [0.1, 0.15) is 49.4 Å². The lowest BCUT2D eigenvalue weighted by Gasteiger charge is -2.21. The van der Waals surface area contributed by atoms with Crippen molar-refractivity contribution in [2.75, 3.05) is 16.8 Å². The second-order valence-electron chi connectivity index (χ2n) is 8.06. The molecule has 0 radical (unpaired) electrons. The van der Waals surface area contributed by atoms with Crippen LogP contribution in [0.25, 0.3) is 0 Å². The van der Waals surface area contributed by atoms with Gasteiger partial charge in [0.15, 0.2) is 0 Å². The normalized spacial score (nSPS) is 11.2. The van der Waals surface area contributed by atoms with Crippen molar-refractivity contribution in [3.63, 3.8) is 0 Å². The number of benzene rings is 2. The molecule has 5 heteroatoms. The summed E-state index contributed by atoms with van der Waals surface area (Å²) in [7, 11) is 0. The van der Waals surface area contributed by atoms with Crippen LogP contribution in [0.3, 0.4) is 0 Å². The zero-order valence-electron chi connectivity index (χ0n) is 17.7. The van der Waals surface area contributed by atoms with Gasteiger partial charge in [-0.15, -0.1) is 0 Å². The van der Waals surface area contributed by atoms with Gasteiger partial charge in [-0.2, -0.15) is 0 Å². The van der Waals surface area contributed by atoms with Gasteiger partial charge in [0.2, 0.25) is 5.95 Å². The van der Waals surface area contributed by atoms with E-state index in [0.717, 1.165) is 17.1 Å². The Labute approximate surface area is 172 Å². The highest BCUT2D eigenvalue weighted by Gasteiger charge is 2.17. The second-order valence-corrected chi connectivity index (χ2v) is 8.06. The molecule has 0 atom stereocenters. The Morgan fingerprint density at radius 1 is 1.00 bits per heavy atom. The Bertz CT molecular complexity index is 976. The molecule has 3 rings (SSSR count). The Morgan fingerprint density at radius 2 is 1.66 bits per heavy atom. The highest BCUT2D eigenvalue weighted by molar-refractivity contribution is 6.03. The largest absolute Gasteiger partial charge is 0.321 e. The van der Waals surface area contributed by atoms with Gasteiger partial charge in [-0.05, 0) is 55.2 Å². The standard InChI is InChI=1S/C24H28N4O/c1-6-28(20-10-8-7-9-11-20)23-25-17(2)16-21(27-23)22(29)26-19-14-12-18(13-15-19)24(3,4)5/h7-16H,6H2,1-5H3,(H,26,29). The minimum absolute atomic E-state index is 0.0717. The Hall–Kier alpha value is -3.21. The fourth-order valence-electron chi connectivity index (χ4n) is 3.09. The van der Waals surface area contributed by atoms with E-state index in [1.165, 1.54) is 5.56 Å². The van der Waals surface area contributed by atoms with E-state index in [4.69, 9.17) is 0 Å². The number of carbonyl (C=O) groups excluding carboxylic acids is 1. The molecule has 1 N–H and O–H groups in total. The van der Waals surface area contributed by atoms with Crippen molar-refractivity contribution in [2.24, 2.45) is 0 Å². The van der Waals surface area contributed by atoms with Crippen molar-refractivity contribution in [3.05, 3.63) is 77.6 Å². The van der Waals surface area contributed by atoms with Crippen LogP contribution in [0, 0.1) is 6.92 Å². The highest BCUT2D eigenvalue weighted by atomic mass is 16.1. The Balaban J connectivity index is 1.84. The van der Waals surface area contributed by atoms with E-state index in [1.54, 1.807) is 6.07 Å². The van der Waals surface area contributed by atoms with Crippen LogP contribution < -0.4 is 10.2 Å². The molecule has 0 saturated carbocycles. The maximum Gasteiger partial charge on any atom is 0.274 e. The average molecular weight is 389 g/mol. The molecule has 0 unspecified atom stereocenters. The van der Waals surface area contributed by atoms with E-state index in [1.807, 2.05) is 73.3 Å². The number of aryl methyl sites for hydroxylation is 1. The minimum Gasteiger partial charge on any atom is -0.321 e. The van der Waals surface area contributed by atoms with Crippen LogP contribution in [-0.4, -0.2) is 22.4 Å². The smallest absolute Gasteiger partial charge is 0.274 e. The molecule has 0 aliphatic rings. The molecule has 29 heavy (non-hydrogen) atoms. The number of para-hydroxylation sites is 1. The van der Waals surface area contributed by atoms with Crippen molar-refractivity contribution < 1.29 is 4.79 Å². The zero-order chi connectivity index (χ0) is 21.0. The first-order valence-electron chi connectivity index (χ1n) is 9.88. The van der Waals surface area contributed by atoms with Crippen molar-refractivity contribution in [2.45, 2.75) is 40.0 Å². The van der Waals surface area contributed by atoms with Crippen LogP contribution in [0.15, 0.2) is 60.7 Å². The molecule has 1 heterocycles. The summed E-state index contributed by atoms with van der Waals surface area (Å²) < 4.78 is 0. The molecule has 0 spiro atoms. The number of anilines is 3. The molecule has 3 aromatic rings. The molecule has 150 valence electrons. The molecule has 0 bridgehead atoms. The third kappa shape index (κ3) is 4.99. The van der Waals surface area contributed by atoms with Crippen LogP contribution in [0.5, 0.6) is 0 Å². The van der Waals surface area contributed by atoms with Gasteiger partial charge in [-0.1, -0.05) is 51.1 Å². The lowest BCUT2D eigenvalue weighted by Crippen LogP contribution is -2.22. The third-order valence-corrected chi connectivity index (χ3v) is 4.71. The number of nitrogens with zero attached hydrogens (tertiary/aromatic N) is 3. The zero-order valence-corrected chi connectivity index (χ0v) is 17.7. The fourth-order valence-corrected chi connectivity index (χ4v) is 3.09. The summed E-state index contributed by atoms with van der Waals surface area (Å²) in [5, 5.41) is 2.94. The maximum absolute atomic E-state index is 12.8. The van der Waals surface area contributed by atoms with Crippen molar-refractivity contribution in [1.82, 2.24) is 9.97 Å². The van der Waals surface area contributed by atoms with Gasteiger partial charge in [-0.3, -0.25) is 4.79 Å². The quantitative estimate of drug-likeness (QED) is 0.628. The molecule has 1 aromatic heterocycles. The predicted octanol–water partition coefficient (Wildman–Crippen LogP) is 5.49. The third-order valence-electron chi connectivity index (χ3n) is 4.71. The molecular weight excluding hydrogens is 360 g/mol. The fraction of sp³-hybridized carbons (Fsp3) is 0.292. The molecular formula is C24H28N4O. The monoisotopic (exact) mass is 388 g/mol. The summed E-state index contributed by atoms with van der Waals surface area (Å²) in [5.41, 5.74) is 4.12. The number of rotatable bonds is 5. The molecule has 2 aromatic carbocycles. The van der Waals surface area contributed by atoms with Crippen LogP contribution in [0.4, 0.5) is 17.3 Å². The van der Waals surface area contributed by atoms with Crippen molar-refractivity contribution >= 4 is 23.2 Å². The predicted molar refractivity (Wildman–Crippen MR) is 119 cm³/mol. The van der Waals surface area contributed by atoms with Crippen molar-refractivity contribution in [3.8, 4) is 0 Å². The van der Waals surface area contributed by atoms with E-state index in [9.17, 15) is 4.79 Å². The summed E-state index contributed by atoms with van der Waals surface area (Å²) in [4.78, 5) is 23.9. The average Bonchev–Trinajstić information content (AvgIpc) is 2.69. The summed E-state index contributed by atoms with van der Waals surface area (Å²) >= 11 is 0. The van der Waals surface area contributed by atoms with Gasteiger partial charge < -0.3 is 10.2 Å². The SMILES string of the molecule is CCN(c1ccccc1)c1nc(C)cc(C(=O)Nc2ccc(C(C)(C)C)cc2)n1. The maximum atomic E-state index is 12.8. The molecule has 1 amide bonds. The van der Waals surface area contributed by atoms with E-state index >= 15 is 0 Å². The van der Waals surface area contributed by atoms with E-state index in [0.29, 0.717) is 18.2 Å². The number of nitrogens with one attached hydrogen (secondary N) is 1. The molecule has 0 aliphatic heterocycles. The topological polar surface area (TPSA) is 58.1 Å². The van der Waals surface area contributed by atoms with Crippen LogP contribution in [0.2, 0.25) is 0 Å². The van der Waals surface area contributed by atoms with Crippen LogP contribution >= 0.6 is 0 Å². The molecule has 0 saturated heterocycles. The lowest BCUT2D eigenvalue weighted by atomic mass is 9.87. The van der Waals surface area contributed by atoms with Crippen LogP contribution in [-0.2, 0) is 5.41 Å². The number of aromatic nitrogens is 2. The Kier molecular flexibility index (Phi) is 5.97. The first-order valence-corrected chi connectivity index (χ1v) is 9.88. The van der Waals surface area contributed by atoms with Gasteiger partial charge in [0.25, 0.3) is 5.91 Å². The van der Waals surface area contributed by atoms with E-state index < -0.39 is 0 Å². The first-order chi connectivity index (χ1) is 13.8. The number of hydrogen-bond acceptors (Lipinski definition) is 4. The summed E-state index contributed by atoms with van der Waals surface area (Å²) in [5.74, 6) is 0.274. The van der Waals surface area contributed by atoms with Gasteiger partial charge in [0, 0.05) is 23.6 Å². The van der Waals surface area contributed by atoms with Gasteiger partial charge in [0.1, 0.15) is 5.69 Å². The number of carbonyl (C=O) groups is 1. The minimum atomic E-state index is -0.246. The van der Waals surface area contributed by atoms with E-state index in [2.05, 4.69) is 36.1 Å². The lowest BCUT2D eigenvalue weighted by molar-refractivity contribution is 0.102. The number of amides is 1. The van der Waals surface area contributed by atoms with Crippen molar-refractivity contribution in [1.29, 1.82) is 0 Å². The van der Waals surface area contributed by atoms with Gasteiger partial charge in [-0.25, -0.2) is 9.97 Å². The number of hydrogen-bond donors (Lipinski definition) is 1. The molecule has 0 aliphatic carbocycles. The Morgan fingerprint density at radius 3 is 2.24 bits per heavy atom. The summed E-state index contributed by atoms with van der Waals surface area (Å²) in [6.45, 7) is 11.1. The second kappa shape index (κ2) is 8.43. The molecule has 5 nitrogen and oxygen atoms in total. The molecule has 0 fully saturated rings. The van der Waals surface area contributed by atoms with Gasteiger partial charge >= 0.3 is 0 Å². The highest BCUT2D eigenvalue weighted by Crippen LogP contribution is 2.24. The summed E-state index contributed by atoms with van der Waals surface area (Å²) in [6.07, 6.45) is 0. The summed E-state index contributed by atoms with van der Waals surface area (Å²) in [6, 6.07) is 19.6. The van der Waals surface area contributed by atoms with Gasteiger partial charge in [0.05, 0.1) is 0 Å².